The first-order valence-electron chi connectivity index (χ1n) is 38.2. The van der Waals surface area contributed by atoms with Gasteiger partial charge in [-0.3, -0.25) is 8.37 Å². The van der Waals surface area contributed by atoms with E-state index < -0.39 is 20.2 Å². The fraction of sp³-hybridized carbons (Fsp3) is 0.400. The maximum absolute atomic E-state index is 11.6. The fourth-order valence-corrected chi connectivity index (χ4v) is 17.0. The van der Waals surface area contributed by atoms with E-state index in [4.69, 9.17) is 48.2 Å². The van der Waals surface area contributed by atoms with Crippen molar-refractivity contribution < 1.29 is 83.6 Å². The quantitative estimate of drug-likeness (QED) is 0.0282. The Kier molecular flexibility index (Phi) is 38.7. The van der Waals surface area contributed by atoms with E-state index in [-0.39, 0.29) is 71.6 Å². The number of fused-ring (bicyclic) bond motifs is 16. The molecule has 2 radical (unpaired) electrons. The van der Waals surface area contributed by atoms with Crippen LogP contribution in [0.1, 0.15) is 236 Å². The summed E-state index contributed by atoms with van der Waals surface area (Å²) < 4.78 is 56.5. The molecule has 0 amide bonds. The van der Waals surface area contributed by atoms with Crippen molar-refractivity contribution in [3.05, 3.63) is 223 Å². The fourth-order valence-electron chi connectivity index (χ4n) is 14.3. The monoisotopic (exact) mass is 1710 g/mol. The van der Waals surface area contributed by atoms with Gasteiger partial charge < -0.3 is 44.7 Å². The van der Waals surface area contributed by atoms with Gasteiger partial charge in [-0.15, -0.1) is 44.1 Å². The predicted octanol–water partition coefficient (Wildman–Crippen LogP) is 15.8. The summed E-state index contributed by atoms with van der Waals surface area (Å²) in [7, 11) is -7.11. The molecule has 14 nitrogen and oxygen atoms in total. The Bertz CT molecular complexity index is 5270. The standard InChI is InChI=1S/C48H52N4S2.C36H44N4O6S2.2C3H7.2ClH.2Co/c1-7-37-31(3)41-25-42-33(5)39(21-15-23-53-29-35-17-11-9-12-18-35)47(51-42)28-48-40(22-16-24-54-30-36-19-13-10-14-20-36)34(6)44(52-48)27-46-38(8-2)32(4)43(50-46)26-45(37)49-41;1-9-25-21(3)29-17-30-23(5)27(13-11-15-45-47(7,41)42)35(39-30)20-36-28(14-12-16-46-48(8,43)44)24(6)32(40-36)19-34-26(10-2)22(4)31(38-34)18-33(25)37-29;2*1-3-2;;;;/h9-14,17-20,25-28H,7-8,15-16,21-24,29-30H2,1-6H3;17-20H,9-16H2,1-8H3;2*3H,1-2H3;2*1H;;/q2*-2;2*+1;;;2*+2/p-2. The van der Waals surface area contributed by atoms with Gasteiger partial charge in [0.25, 0.3) is 20.2 Å². The summed E-state index contributed by atoms with van der Waals surface area (Å²) in [5, 5.41) is 0. The second-order valence-electron chi connectivity index (χ2n) is 28.2. The van der Waals surface area contributed by atoms with E-state index in [0.29, 0.717) is 25.7 Å². The maximum atomic E-state index is 11.6. The summed E-state index contributed by atoms with van der Waals surface area (Å²) in [5.41, 5.74) is 36.3. The molecule has 0 spiro atoms. The Morgan fingerprint density at radius 3 is 0.946 bits per heavy atom. The molecule has 0 fully saturated rings. The molecular formula is C90H110Cl2Co2N8O6S4. The van der Waals surface area contributed by atoms with Gasteiger partial charge in [-0.05, 0) is 200 Å². The second-order valence-corrected chi connectivity index (χ2v) is 33.7. The molecule has 602 valence electrons. The zero-order chi connectivity index (χ0) is 78.0. The van der Waals surface area contributed by atoms with Crippen LogP contribution in [0.3, 0.4) is 0 Å². The molecule has 0 saturated heterocycles. The third-order valence-electron chi connectivity index (χ3n) is 20.1. The van der Waals surface area contributed by atoms with E-state index >= 15 is 0 Å². The summed E-state index contributed by atoms with van der Waals surface area (Å²) in [4.78, 5) is 41.6. The largest absolute Gasteiger partial charge is 2.00 e. The van der Waals surface area contributed by atoms with Crippen LogP contribution in [0.15, 0.2) is 109 Å². The average molecular weight is 1720 g/mol. The molecule has 16 bridgehead atoms. The van der Waals surface area contributed by atoms with Crippen LogP contribution in [0.5, 0.6) is 0 Å². The zero-order valence-corrected chi connectivity index (χ0v) is 75.2. The number of aryl methyl sites for hydroxylation is 8. The van der Waals surface area contributed by atoms with E-state index in [1.165, 1.54) is 61.2 Å². The minimum atomic E-state index is -3.55. The molecule has 0 unspecified atom stereocenters. The minimum Gasteiger partial charge on any atom is -1.00 e. The number of thioether (sulfide) groups is 2. The Morgan fingerprint density at radius 2 is 0.616 bits per heavy atom. The molecule has 112 heavy (non-hydrogen) atoms. The van der Waals surface area contributed by atoms with Crippen LogP contribution in [0.25, 0.3) is 88.7 Å². The smallest absolute Gasteiger partial charge is 1.00 e. The molecule has 6 aromatic heterocycles. The molecule has 0 aliphatic carbocycles. The van der Waals surface area contributed by atoms with Crippen molar-refractivity contribution in [3.63, 3.8) is 0 Å². The Morgan fingerprint density at radius 1 is 0.357 bits per heavy atom. The maximum Gasteiger partial charge on any atom is 2.00 e. The number of allylic oxidation sites excluding steroid dienone is 8. The van der Waals surface area contributed by atoms with Gasteiger partial charge in [-0.25, -0.2) is 19.9 Å². The van der Waals surface area contributed by atoms with Crippen LogP contribution >= 0.6 is 23.5 Å². The van der Waals surface area contributed by atoms with E-state index in [1.807, 2.05) is 96.1 Å². The summed E-state index contributed by atoms with van der Waals surface area (Å²) in [6.07, 6.45) is 15.8. The number of halogens is 2. The van der Waals surface area contributed by atoms with Gasteiger partial charge in [0, 0.05) is 11.5 Å². The van der Waals surface area contributed by atoms with Crippen molar-refractivity contribution in [2.75, 3.05) is 37.2 Å². The van der Waals surface area contributed by atoms with Crippen LogP contribution in [-0.2, 0) is 99.3 Å². The van der Waals surface area contributed by atoms with Crippen molar-refractivity contribution in [1.29, 1.82) is 0 Å². The summed E-state index contributed by atoms with van der Waals surface area (Å²) >= 11 is 4.03. The summed E-state index contributed by atoms with van der Waals surface area (Å²) in [6, 6.07) is 38.7. The molecule has 10 heterocycles. The van der Waals surface area contributed by atoms with Crippen LogP contribution < -0.4 is 44.7 Å². The molecular weight excluding hydrogens is 1610 g/mol. The molecule has 0 atom stereocenters. The van der Waals surface area contributed by atoms with E-state index in [2.05, 4.69) is 160 Å². The number of benzene rings is 2. The Hall–Kier alpha value is -6.51. The summed E-state index contributed by atoms with van der Waals surface area (Å²) in [6.45, 7) is 34.0. The molecule has 22 heteroatoms. The Labute approximate surface area is 709 Å². The topological polar surface area (TPSA) is 195 Å². The van der Waals surface area contributed by atoms with Gasteiger partial charge in [0.15, 0.2) is 0 Å². The van der Waals surface area contributed by atoms with Gasteiger partial charge in [-0.1, -0.05) is 181 Å². The molecule has 4 aliphatic rings. The minimum absolute atomic E-state index is 0. The summed E-state index contributed by atoms with van der Waals surface area (Å²) in [5.74, 6) is 4.29. The van der Waals surface area contributed by atoms with Gasteiger partial charge in [0.05, 0.1) is 112 Å². The van der Waals surface area contributed by atoms with Crippen molar-refractivity contribution in [2.24, 2.45) is 0 Å². The van der Waals surface area contributed by atoms with Crippen LogP contribution in [0, 0.1) is 40.5 Å². The molecule has 12 rings (SSSR count). The van der Waals surface area contributed by atoms with Crippen molar-refractivity contribution in [3.8, 4) is 0 Å². The first-order valence-corrected chi connectivity index (χ1v) is 44.2. The first kappa shape index (κ1) is 96.1. The average Bonchev–Trinajstić information content (AvgIpc) is 1.63. The van der Waals surface area contributed by atoms with Crippen LogP contribution in [0.4, 0.5) is 0 Å². The first-order chi connectivity index (χ1) is 51.8. The van der Waals surface area contributed by atoms with Crippen molar-refractivity contribution >= 4 is 132 Å². The predicted molar refractivity (Wildman–Crippen MR) is 459 cm³/mol. The number of aromatic nitrogens is 8. The SMILES string of the molecule is CCC1=C(C)c2cc3[n-]c(cc4nc(cc5[n-]c(cc1n2)c(C)c5CCCOS(C)(=O)=O)C(CCCOS(C)(=O)=O)=C4C)c(C)c3CC.CCC1=C(C)c2cc3[n-]c(cc4nc(cc5[n-]c(cc1n2)c(C)c5CCCSCc1ccccc1)C(CCCSCc1ccccc1)=C4C)c(C)c3CC.C[CH+]C.C[CH+]C.[Cl-].[Cl-].[Co+2].[Co+2]. The van der Waals surface area contributed by atoms with Crippen molar-refractivity contribution in [2.45, 2.75) is 199 Å². The van der Waals surface area contributed by atoms with Crippen LogP contribution in [0.2, 0.25) is 0 Å². The molecule has 4 aliphatic heterocycles. The van der Waals surface area contributed by atoms with Gasteiger partial charge in [-0.2, -0.15) is 40.4 Å². The molecule has 0 saturated carbocycles. The number of rotatable bonds is 26. The van der Waals surface area contributed by atoms with Gasteiger partial charge in [0.1, 0.15) is 0 Å². The second kappa shape index (κ2) is 45.1. The third kappa shape index (κ3) is 24.8. The van der Waals surface area contributed by atoms with Crippen LogP contribution in [-0.4, -0.2) is 74.0 Å². The number of hydrogen-bond acceptors (Lipinski definition) is 12. The molecule has 8 aromatic rings. The Balaban J connectivity index is 0.000000364. The normalized spacial score (nSPS) is 12.5. The third-order valence-corrected chi connectivity index (χ3v) is 23.5. The molecule has 0 N–H and O–H groups in total. The molecule has 2 aromatic carbocycles. The van der Waals surface area contributed by atoms with Crippen molar-refractivity contribution in [1.82, 2.24) is 39.9 Å². The van der Waals surface area contributed by atoms with E-state index in [1.54, 1.807) is 0 Å². The van der Waals surface area contributed by atoms with E-state index in [9.17, 15) is 16.8 Å². The zero-order valence-electron chi connectivity index (χ0n) is 68.4. The number of hydrogen-bond donors (Lipinski definition) is 0. The van der Waals surface area contributed by atoms with E-state index in [0.717, 1.165) is 216 Å². The number of nitrogens with zero attached hydrogens (tertiary/aromatic N) is 8. The van der Waals surface area contributed by atoms with Gasteiger partial charge in [0.2, 0.25) is 0 Å². The van der Waals surface area contributed by atoms with Gasteiger partial charge >= 0.3 is 33.6 Å².